The summed E-state index contributed by atoms with van der Waals surface area (Å²) in [6.45, 7) is 3.11. The van der Waals surface area contributed by atoms with Crippen LogP contribution < -0.4 is 15.4 Å². The molecule has 1 aromatic rings. The van der Waals surface area contributed by atoms with E-state index in [1.54, 1.807) is 13.3 Å². The summed E-state index contributed by atoms with van der Waals surface area (Å²) in [5, 5.41) is 0. The largest absolute Gasteiger partial charge is 0.497 e. The van der Waals surface area contributed by atoms with Gasteiger partial charge in [-0.25, -0.2) is 4.98 Å². The lowest BCUT2D eigenvalue weighted by Crippen LogP contribution is -2.54. The van der Waals surface area contributed by atoms with Crippen LogP contribution in [0.2, 0.25) is 0 Å². The van der Waals surface area contributed by atoms with Gasteiger partial charge in [0, 0.05) is 44.5 Å². The number of nitrogens with zero attached hydrogens (tertiary/aromatic N) is 3. The van der Waals surface area contributed by atoms with Crippen molar-refractivity contribution in [3.8, 4) is 5.75 Å². The number of fused-ring (bicyclic) bond motifs is 2. The molecule has 2 heterocycles. The summed E-state index contributed by atoms with van der Waals surface area (Å²) in [4.78, 5) is 21.6. The maximum absolute atomic E-state index is 12.9. The Labute approximate surface area is 167 Å². The molecule has 1 aromatic heterocycles. The maximum Gasteiger partial charge on any atom is 0.227 e. The number of nitrogens with two attached hydrogens (primary N) is 1. The van der Waals surface area contributed by atoms with Crippen LogP contribution in [-0.4, -0.2) is 55.1 Å². The summed E-state index contributed by atoms with van der Waals surface area (Å²) >= 11 is 0. The van der Waals surface area contributed by atoms with Crippen molar-refractivity contribution in [1.29, 1.82) is 0 Å². The molecule has 3 fully saturated rings. The van der Waals surface area contributed by atoms with Gasteiger partial charge in [0.1, 0.15) is 11.6 Å². The molecule has 1 saturated heterocycles. The van der Waals surface area contributed by atoms with E-state index in [0.717, 1.165) is 44.2 Å². The van der Waals surface area contributed by atoms with E-state index in [-0.39, 0.29) is 42.7 Å². The number of ether oxygens (including phenoxy) is 1. The second kappa shape index (κ2) is 8.63. The molecule has 3 aliphatic rings. The highest BCUT2D eigenvalue weighted by atomic mass is 35.5. The molecule has 6 nitrogen and oxygen atoms in total. The molecule has 146 valence electrons. The fourth-order valence-corrected chi connectivity index (χ4v) is 4.77. The minimum absolute atomic E-state index is 0. The van der Waals surface area contributed by atoms with Crippen LogP contribution in [0.1, 0.15) is 19.3 Å². The van der Waals surface area contributed by atoms with Crippen molar-refractivity contribution in [3.63, 3.8) is 0 Å². The van der Waals surface area contributed by atoms with Crippen LogP contribution in [0.25, 0.3) is 0 Å². The van der Waals surface area contributed by atoms with Gasteiger partial charge in [0.05, 0.1) is 13.0 Å². The molecule has 4 unspecified atom stereocenters. The predicted octanol–water partition coefficient (Wildman–Crippen LogP) is 1.96. The topological polar surface area (TPSA) is 71.7 Å². The minimum Gasteiger partial charge on any atom is -0.497 e. The van der Waals surface area contributed by atoms with Gasteiger partial charge < -0.3 is 20.3 Å². The molecule has 26 heavy (non-hydrogen) atoms. The van der Waals surface area contributed by atoms with E-state index in [1.807, 2.05) is 17.0 Å². The van der Waals surface area contributed by atoms with Crippen molar-refractivity contribution < 1.29 is 9.53 Å². The van der Waals surface area contributed by atoms with E-state index in [1.165, 1.54) is 12.8 Å². The van der Waals surface area contributed by atoms with Crippen LogP contribution >= 0.6 is 24.8 Å². The molecule has 8 heteroatoms. The Morgan fingerprint density at radius 1 is 1.19 bits per heavy atom. The summed E-state index contributed by atoms with van der Waals surface area (Å²) in [6, 6.07) is 3.87. The van der Waals surface area contributed by atoms with E-state index >= 15 is 0 Å². The van der Waals surface area contributed by atoms with Crippen molar-refractivity contribution in [1.82, 2.24) is 9.88 Å². The average molecular weight is 403 g/mol. The lowest BCUT2D eigenvalue weighted by atomic mass is 9.84. The van der Waals surface area contributed by atoms with Crippen LogP contribution in [0.15, 0.2) is 18.3 Å². The minimum atomic E-state index is 0. The van der Waals surface area contributed by atoms with Gasteiger partial charge >= 0.3 is 0 Å². The maximum atomic E-state index is 12.9. The van der Waals surface area contributed by atoms with Gasteiger partial charge in [0.25, 0.3) is 0 Å². The molecule has 0 radical (unpaired) electrons. The average Bonchev–Trinajstić information content (AvgIpc) is 3.22. The highest BCUT2D eigenvalue weighted by Gasteiger charge is 2.50. The van der Waals surface area contributed by atoms with Crippen molar-refractivity contribution in [2.75, 3.05) is 38.2 Å². The van der Waals surface area contributed by atoms with Crippen LogP contribution in [-0.2, 0) is 4.79 Å². The number of piperazine rings is 1. The van der Waals surface area contributed by atoms with Crippen LogP contribution in [0, 0.1) is 17.8 Å². The highest BCUT2D eigenvalue weighted by Crippen LogP contribution is 2.48. The molecule has 1 amide bonds. The number of amides is 1. The van der Waals surface area contributed by atoms with Gasteiger partial charge in [-0.3, -0.25) is 4.79 Å². The number of methoxy groups -OCH3 is 1. The summed E-state index contributed by atoms with van der Waals surface area (Å²) in [7, 11) is 1.66. The zero-order valence-electron chi connectivity index (χ0n) is 15.0. The standard InChI is InChI=1S/C18H26N4O2.2ClH/c1-24-14-4-5-20-15(11-14)21-6-8-22(9-7-21)18(23)16-12-2-3-13(10-12)17(16)19;;/h4-5,11-13,16-17H,2-3,6-10,19H2,1H3;2*1H. The van der Waals surface area contributed by atoms with Crippen molar-refractivity contribution in [3.05, 3.63) is 18.3 Å². The van der Waals surface area contributed by atoms with Crippen LogP contribution in [0.5, 0.6) is 5.75 Å². The Morgan fingerprint density at radius 3 is 2.50 bits per heavy atom. The third kappa shape index (κ3) is 3.73. The third-order valence-corrected chi connectivity index (χ3v) is 6.13. The van der Waals surface area contributed by atoms with Crippen LogP contribution in [0.4, 0.5) is 5.82 Å². The lowest BCUT2D eigenvalue weighted by Gasteiger charge is -2.39. The van der Waals surface area contributed by atoms with Gasteiger partial charge in [-0.15, -0.1) is 24.8 Å². The molecular formula is C18H28Cl2N4O2. The smallest absolute Gasteiger partial charge is 0.227 e. The Kier molecular flexibility index (Phi) is 6.99. The lowest BCUT2D eigenvalue weighted by molar-refractivity contribution is -0.138. The Balaban J connectivity index is 0.00000121. The predicted molar refractivity (Wildman–Crippen MR) is 106 cm³/mol. The fraction of sp³-hybridized carbons (Fsp3) is 0.667. The summed E-state index contributed by atoms with van der Waals surface area (Å²) < 4.78 is 5.27. The molecule has 2 saturated carbocycles. The van der Waals surface area contributed by atoms with Gasteiger partial charge in [-0.2, -0.15) is 0 Å². The molecule has 2 N–H and O–H groups in total. The molecular weight excluding hydrogens is 375 g/mol. The van der Waals surface area contributed by atoms with Gasteiger partial charge in [0.2, 0.25) is 5.91 Å². The number of halogens is 2. The number of carbonyl (C=O) groups excluding carboxylic acids is 1. The fourth-order valence-electron chi connectivity index (χ4n) is 4.77. The number of anilines is 1. The summed E-state index contributed by atoms with van der Waals surface area (Å²) in [6.07, 6.45) is 5.32. The second-order valence-corrected chi connectivity index (χ2v) is 7.30. The van der Waals surface area contributed by atoms with Gasteiger partial charge in [-0.05, 0) is 37.2 Å². The second-order valence-electron chi connectivity index (χ2n) is 7.30. The number of rotatable bonds is 3. The number of hydrogen-bond acceptors (Lipinski definition) is 5. The Morgan fingerprint density at radius 2 is 1.88 bits per heavy atom. The molecule has 2 aliphatic carbocycles. The monoisotopic (exact) mass is 402 g/mol. The normalized spacial score (nSPS) is 29.8. The van der Waals surface area contributed by atoms with Crippen molar-refractivity contribution in [2.24, 2.45) is 23.5 Å². The molecule has 0 spiro atoms. The number of aromatic nitrogens is 1. The Bertz CT molecular complexity index is 623. The molecule has 0 aromatic carbocycles. The third-order valence-electron chi connectivity index (χ3n) is 6.13. The first kappa shape index (κ1) is 21.1. The first-order chi connectivity index (χ1) is 11.7. The number of pyridine rings is 1. The quantitative estimate of drug-likeness (QED) is 0.836. The molecule has 4 rings (SSSR count). The SMILES string of the molecule is COc1ccnc(N2CCN(C(=O)C3C4CCC(C4)C3N)CC2)c1.Cl.Cl. The Hall–Kier alpha value is -1.24. The van der Waals surface area contributed by atoms with E-state index in [0.29, 0.717) is 11.8 Å². The van der Waals surface area contributed by atoms with Crippen LogP contribution in [0.3, 0.4) is 0 Å². The summed E-state index contributed by atoms with van der Waals surface area (Å²) in [5.41, 5.74) is 6.34. The van der Waals surface area contributed by atoms with Gasteiger partial charge in [-0.1, -0.05) is 0 Å². The van der Waals surface area contributed by atoms with E-state index in [2.05, 4.69) is 9.88 Å². The zero-order valence-corrected chi connectivity index (χ0v) is 16.7. The highest BCUT2D eigenvalue weighted by molar-refractivity contribution is 5.85. The van der Waals surface area contributed by atoms with Crippen molar-refractivity contribution in [2.45, 2.75) is 25.3 Å². The first-order valence-corrected chi connectivity index (χ1v) is 8.96. The molecule has 4 atom stereocenters. The zero-order chi connectivity index (χ0) is 16.7. The van der Waals surface area contributed by atoms with Crippen molar-refractivity contribution >= 4 is 36.5 Å². The first-order valence-electron chi connectivity index (χ1n) is 8.96. The van der Waals surface area contributed by atoms with E-state index < -0.39 is 0 Å². The van der Waals surface area contributed by atoms with Gasteiger partial charge in [0.15, 0.2) is 0 Å². The molecule has 2 bridgehead atoms. The number of hydrogen-bond donors (Lipinski definition) is 1. The number of carbonyl (C=O) groups is 1. The van der Waals surface area contributed by atoms with E-state index in [4.69, 9.17) is 10.5 Å². The molecule has 1 aliphatic heterocycles. The van der Waals surface area contributed by atoms with E-state index in [9.17, 15) is 4.79 Å². The summed E-state index contributed by atoms with van der Waals surface area (Å²) in [5.74, 6) is 3.17.